The number of nitrogens with zero attached hydrogens (tertiary/aromatic N) is 2. The van der Waals surface area contributed by atoms with Crippen molar-refractivity contribution in [1.29, 1.82) is 0 Å². The van der Waals surface area contributed by atoms with Crippen molar-refractivity contribution in [2.75, 3.05) is 0 Å². The molecule has 19 heavy (non-hydrogen) atoms. The zero-order valence-electron chi connectivity index (χ0n) is 10.1. The van der Waals surface area contributed by atoms with Gasteiger partial charge in [-0.2, -0.15) is 5.10 Å². The molecule has 94 valence electrons. The molecule has 2 aromatic carbocycles. The number of thioether (sulfide) groups is 1. The molecule has 0 spiro atoms. The Balaban J connectivity index is 1.86. The first-order valence-corrected chi connectivity index (χ1v) is 7.27. The monoisotopic (exact) mass is 286 g/mol. The molecule has 0 bridgehead atoms. The summed E-state index contributed by atoms with van der Waals surface area (Å²) in [6.45, 7) is 0. The largest absolute Gasteiger partial charge is 0.157 e. The Morgan fingerprint density at radius 1 is 1.05 bits per heavy atom. The summed E-state index contributed by atoms with van der Waals surface area (Å²) in [6, 6.07) is 16.0. The van der Waals surface area contributed by atoms with E-state index in [0.29, 0.717) is 0 Å². The zero-order chi connectivity index (χ0) is 13.1. The van der Waals surface area contributed by atoms with Gasteiger partial charge in [0.25, 0.3) is 0 Å². The molecule has 3 rings (SSSR count). The Hall–Kier alpha value is -1.58. The van der Waals surface area contributed by atoms with E-state index in [0.717, 1.165) is 26.6 Å². The fourth-order valence-corrected chi connectivity index (χ4v) is 3.03. The van der Waals surface area contributed by atoms with Crippen molar-refractivity contribution in [2.24, 2.45) is 0 Å². The van der Waals surface area contributed by atoms with E-state index >= 15 is 0 Å². The zero-order valence-corrected chi connectivity index (χ0v) is 11.7. The van der Waals surface area contributed by atoms with Crippen LogP contribution in [0.3, 0.4) is 0 Å². The number of halogens is 1. The maximum absolute atomic E-state index is 5.98. The summed E-state index contributed by atoms with van der Waals surface area (Å²) in [7, 11) is 0. The quantitative estimate of drug-likeness (QED) is 0.659. The van der Waals surface area contributed by atoms with E-state index in [2.05, 4.69) is 22.3 Å². The minimum Gasteiger partial charge on any atom is -0.157 e. The standard InChI is InChI=1S/C15H11ClN2S/c16-13-6-3-4-11(8-13)10-19-15-14-7-2-1-5-12(14)9-17-18-15/h1-9H,10H2. The molecule has 0 amide bonds. The molecular weight excluding hydrogens is 276 g/mol. The predicted molar refractivity (Wildman–Crippen MR) is 80.6 cm³/mol. The third kappa shape index (κ3) is 2.88. The van der Waals surface area contributed by atoms with Gasteiger partial charge in [0.2, 0.25) is 0 Å². The third-order valence-corrected chi connectivity index (χ3v) is 4.09. The normalized spacial score (nSPS) is 10.8. The summed E-state index contributed by atoms with van der Waals surface area (Å²) >= 11 is 7.66. The number of hydrogen-bond donors (Lipinski definition) is 0. The van der Waals surface area contributed by atoms with Crippen LogP contribution in [0, 0.1) is 0 Å². The van der Waals surface area contributed by atoms with Crippen molar-refractivity contribution in [3.63, 3.8) is 0 Å². The van der Waals surface area contributed by atoms with Crippen LogP contribution in [0.4, 0.5) is 0 Å². The average molecular weight is 287 g/mol. The minimum absolute atomic E-state index is 0.766. The lowest BCUT2D eigenvalue weighted by Gasteiger charge is -2.04. The highest BCUT2D eigenvalue weighted by atomic mass is 35.5. The van der Waals surface area contributed by atoms with Crippen molar-refractivity contribution in [1.82, 2.24) is 10.2 Å². The lowest BCUT2D eigenvalue weighted by atomic mass is 10.2. The molecule has 0 N–H and O–H groups in total. The first-order chi connectivity index (χ1) is 9.33. The molecule has 0 aliphatic rings. The highest BCUT2D eigenvalue weighted by molar-refractivity contribution is 7.98. The van der Waals surface area contributed by atoms with Crippen LogP contribution >= 0.6 is 23.4 Å². The first-order valence-electron chi connectivity index (χ1n) is 5.90. The second-order valence-corrected chi connectivity index (χ2v) is 5.56. The molecule has 0 fully saturated rings. The van der Waals surface area contributed by atoms with Gasteiger partial charge in [0, 0.05) is 21.5 Å². The lowest BCUT2D eigenvalue weighted by Crippen LogP contribution is -1.88. The van der Waals surface area contributed by atoms with E-state index < -0.39 is 0 Å². The van der Waals surface area contributed by atoms with Crippen LogP contribution in [0.15, 0.2) is 59.8 Å². The molecule has 0 radical (unpaired) electrons. The van der Waals surface area contributed by atoms with Gasteiger partial charge in [-0.25, -0.2) is 0 Å². The number of rotatable bonds is 3. The number of aromatic nitrogens is 2. The second-order valence-electron chi connectivity index (χ2n) is 4.16. The van der Waals surface area contributed by atoms with Crippen molar-refractivity contribution < 1.29 is 0 Å². The predicted octanol–water partition coefficient (Wildman–Crippen LogP) is 4.58. The van der Waals surface area contributed by atoms with E-state index in [9.17, 15) is 0 Å². The molecule has 0 aliphatic heterocycles. The molecular formula is C15H11ClN2S. The molecule has 1 heterocycles. The lowest BCUT2D eigenvalue weighted by molar-refractivity contribution is 0.955. The number of fused-ring (bicyclic) bond motifs is 1. The van der Waals surface area contributed by atoms with Crippen LogP contribution in [-0.4, -0.2) is 10.2 Å². The van der Waals surface area contributed by atoms with Crippen LogP contribution in [0.2, 0.25) is 5.02 Å². The Bertz CT molecular complexity index is 710. The first kappa shape index (κ1) is 12.5. The summed E-state index contributed by atoms with van der Waals surface area (Å²) in [6.07, 6.45) is 1.79. The van der Waals surface area contributed by atoms with Gasteiger partial charge in [-0.3, -0.25) is 0 Å². The van der Waals surface area contributed by atoms with Gasteiger partial charge in [-0.15, -0.1) is 5.10 Å². The highest BCUT2D eigenvalue weighted by Crippen LogP contribution is 2.27. The fourth-order valence-electron chi connectivity index (χ4n) is 1.89. The molecule has 0 saturated heterocycles. The molecule has 2 nitrogen and oxygen atoms in total. The van der Waals surface area contributed by atoms with Gasteiger partial charge in [0.1, 0.15) is 5.03 Å². The maximum Gasteiger partial charge on any atom is 0.127 e. The Morgan fingerprint density at radius 2 is 1.95 bits per heavy atom. The van der Waals surface area contributed by atoms with Crippen molar-refractivity contribution in [2.45, 2.75) is 10.8 Å². The van der Waals surface area contributed by atoms with Gasteiger partial charge in [-0.1, -0.05) is 59.8 Å². The number of benzene rings is 2. The third-order valence-electron chi connectivity index (χ3n) is 2.80. The van der Waals surface area contributed by atoms with E-state index in [1.54, 1.807) is 18.0 Å². The van der Waals surface area contributed by atoms with Crippen LogP contribution in [0.1, 0.15) is 5.56 Å². The van der Waals surface area contributed by atoms with Crippen LogP contribution in [-0.2, 0) is 5.75 Å². The second kappa shape index (κ2) is 5.59. The van der Waals surface area contributed by atoms with E-state index in [4.69, 9.17) is 11.6 Å². The van der Waals surface area contributed by atoms with Crippen molar-refractivity contribution in [3.05, 3.63) is 65.3 Å². The molecule has 0 unspecified atom stereocenters. The van der Waals surface area contributed by atoms with E-state index in [-0.39, 0.29) is 0 Å². The summed E-state index contributed by atoms with van der Waals surface area (Å²) in [4.78, 5) is 0. The maximum atomic E-state index is 5.98. The SMILES string of the molecule is Clc1cccc(CSc2nncc3ccccc23)c1. The molecule has 3 aromatic rings. The molecule has 4 heteroatoms. The fraction of sp³-hybridized carbons (Fsp3) is 0.0667. The number of hydrogen-bond acceptors (Lipinski definition) is 3. The van der Waals surface area contributed by atoms with Crippen LogP contribution in [0.5, 0.6) is 0 Å². The van der Waals surface area contributed by atoms with Gasteiger partial charge in [0.15, 0.2) is 0 Å². The minimum atomic E-state index is 0.766. The Kier molecular flexibility index (Phi) is 3.67. The summed E-state index contributed by atoms with van der Waals surface area (Å²) in [5, 5.41) is 12.3. The van der Waals surface area contributed by atoms with Crippen molar-refractivity contribution in [3.8, 4) is 0 Å². The topological polar surface area (TPSA) is 25.8 Å². The molecule has 1 aromatic heterocycles. The summed E-state index contributed by atoms with van der Waals surface area (Å²) < 4.78 is 0. The summed E-state index contributed by atoms with van der Waals surface area (Å²) in [5.41, 5.74) is 1.19. The van der Waals surface area contributed by atoms with E-state index in [1.807, 2.05) is 36.4 Å². The molecule has 0 aliphatic carbocycles. The molecule has 0 atom stereocenters. The van der Waals surface area contributed by atoms with Crippen LogP contribution in [0.25, 0.3) is 10.8 Å². The van der Waals surface area contributed by atoms with Gasteiger partial charge in [0.05, 0.1) is 6.20 Å². The van der Waals surface area contributed by atoms with Gasteiger partial charge < -0.3 is 0 Å². The highest BCUT2D eigenvalue weighted by Gasteiger charge is 2.04. The van der Waals surface area contributed by atoms with Gasteiger partial charge >= 0.3 is 0 Å². The van der Waals surface area contributed by atoms with Gasteiger partial charge in [-0.05, 0) is 17.7 Å². The molecule has 0 saturated carbocycles. The smallest absolute Gasteiger partial charge is 0.127 e. The van der Waals surface area contributed by atoms with Crippen LogP contribution < -0.4 is 0 Å². The Labute approximate surface area is 120 Å². The van der Waals surface area contributed by atoms with E-state index in [1.165, 1.54) is 5.56 Å². The van der Waals surface area contributed by atoms with Crippen molar-refractivity contribution >= 4 is 34.1 Å². The Morgan fingerprint density at radius 3 is 2.84 bits per heavy atom. The average Bonchev–Trinajstić information content (AvgIpc) is 2.45. The summed E-state index contributed by atoms with van der Waals surface area (Å²) in [5.74, 6) is 0.837.